The van der Waals surface area contributed by atoms with Crippen LogP contribution in [0.4, 0.5) is 10.5 Å². The highest BCUT2D eigenvalue weighted by Crippen LogP contribution is 2.33. The van der Waals surface area contributed by atoms with Crippen molar-refractivity contribution in [1.82, 2.24) is 29.1 Å². The molecule has 11 heteroatoms. The SMILES string of the molecule is CN(C)C(=O)Nc1ccc(-n2ncc3c(=O)n(CC4(O)CCN(C(=O)C5CC5)CC4)cnc32)cc1. The highest BCUT2D eigenvalue weighted by atomic mass is 16.3. The topological polar surface area (TPSA) is 126 Å². The lowest BCUT2D eigenvalue weighted by Gasteiger charge is -2.38. The highest BCUT2D eigenvalue weighted by molar-refractivity contribution is 5.89. The molecule has 1 aromatic carbocycles. The van der Waals surface area contributed by atoms with Gasteiger partial charge in [0.05, 0.1) is 24.0 Å². The smallest absolute Gasteiger partial charge is 0.321 e. The molecule has 0 bridgehead atoms. The first-order valence-electron chi connectivity index (χ1n) is 11.8. The summed E-state index contributed by atoms with van der Waals surface area (Å²) < 4.78 is 2.99. The number of nitrogens with one attached hydrogen (secondary N) is 1. The molecule has 2 aromatic heterocycles. The van der Waals surface area contributed by atoms with Gasteiger partial charge in [0, 0.05) is 38.8 Å². The number of aromatic nitrogens is 4. The third-order valence-electron chi connectivity index (χ3n) is 6.72. The molecule has 0 radical (unpaired) electrons. The minimum Gasteiger partial charge on any atom is -0.388 e. The number of fused-ring (bicyclic) bond motifs is 1. The van der Waals surface area contributed by atoms with Gasteiger partial charge in [0.2, 0.25) is 5.91 Å². The fourth-order valence-electron chi connectivity index (χ4n) is 4.38. The van der Waals surface area contributed by atoms with E-state index in [2.05, 4.69) is 15.4 Å². The van der Waals surface area contributed by atoms with Crippen molar-refractivity contribution in [3.63, 3.8) is 0 Å². The van der Waals surface area contributed by atoms with Gasteiger partial charge in [-0.25, -0.2) is 14.5 Å². The number of hydrogen-bond donors (Lipinski definition) is 2. The fraction of sp³-hybridized carbons (Fsp3) is 0.458. The van der Waals surface area contributed by atoms with E-state index >= 15 is 0 Å². The Balaban J connectivity index is 1.31. The molecule has 11 nitrogen and oxygen atoms in total. The average Bonchev–Trinajstić information content (AvgIpc) is 3.60. The summed E-state index contributed by atoms with van der Waals surface area (Å²) >= 11 is 0. The molecule has 1 saturated heterocycles. The highest BCUT2D eigenvalue weighted by Gasteiger charge is 2.39. The van der Waals surface area contributed by atoms with Gasteiger partial charge in [-0.1, -0.05) is 0 Å². The lowest BCUT2D eigenvalue weighted by atomic mass is 9.91. The first kappa shape index (κ1) is 23.0. The van der Waals surface area contributed by atoms with E-state index in [0.717, 1.165) is 12.8 Å². The van der Waals surface area contributed by atoms with Crippen LogP contribution < -0.4 is 10.9 Å². The van der Waals surface area contributed by atoms with Crippen LogP contribution in [0.5, 0.6) is 0 Å². The Hall–Kier alpha value is -3.73. The predicted octanol–water partition coefficient (Wildman–Crippen LogP) is 1.44. The fourth-order valence-corrected chi connectivity index (χ4v) is 4.38. The number of carbonyl (C=O) groups excluding carboxylic acids is 2. The van der Waals surface area contributed by atoms with E-state index < -0.39 is 5.60 Å². The number of hydrogen-bond acceptors (Lipinski definition) is 6. The van der Waals surface area contributed by atoms with Crippen molar-refractivity contribution in [3.8, 4) is 5.69 Å². The van der Waals surface area contributed by atoms with Gasteiger partial charge in [-0.2, -0.15) is 5.10 Å². The number of nitrogens with zero attached hydrogens (tertiary/aromatic N) is 6. The van der Waals surface area contributed by atoms with Crippen LogP contribution in [-0.2, 0) is 11.3 Å². The van der Waals surface area contributed by atoms with Gasteiger partial charge < -0.3 is 20.2 Å². The van der Waals surface area contributed by atoms with Gasteiger partial charge in [-0.05, 0) is 49.9 Å². The summed E-state index contributed by atoms with van der Waals surface area (Å²) in [5, 5.41) is 18.6. The third kappa shape index (κ3) is 4.63. The molecule has 2 N–H and O–H groups in total. The van der Waals surface area contributed by atoms with Crippen LogP contribution in [0.1, 0.15) is 25.7 Å². The second-order valence-electron chi connectivity index (χ2n) is 9.67. The van der Waals surface area contributed by atoms with Crippen molar-refractivity contribution in [2.24, 2.45) is 5.92 Å². The van der Waals surface area contributed by atoms with E-state index in [1.807, 2.05) is 4.90 Å². The number of piperidine rings is 1. The molecule has 5 rings (SSSR count). The van der Waals surface area contributed by atoms with Crippen LogP contribution in [0.2, 0.25) is 0 Å². The maximum atomic E-state index is 13.1. The number of carbonyl (C=O) groups is 2. The van der Waals surface area contributed by atoms with Crippen molar-refractivity contribution in [2.45, 2.75) is 37.8 Å². The first-order valence-corrected chi connectivity index (χ1v) is 11.8. The predicted molar refractivity (Wildman–Crippen MR) is 129 cm³/mol. The standard InChI is InChI=1S/C24H29N7O4/c1-28(2)23(34)27-17-5-7-18(8-6-17)31-20-19(13-26-31)22(33)30(15-25-20)14-24(35)9-11-29(12-10-24)21(32)16-3-4-16/h5-8,13,15-16,35H,3-4,9-12,14H2,1-2H3,(H,27,34). The average molecular weight is 480 g/mol. The molecule has 3 amide bonds. The zero-order valence-electron chi connectivity index (χ0n) is 19.8. The normalized spacial score (nSPS) is 17.4. The molecule has 1 saturated carbocycles. The lowest BCUT2D eigenvalue weighted by molar-refractivity contribution is -0.137. The Morgan fingerprint density at radius 3 is 2.49 bits per heavy atom. The zero-order valence-corrected chi connectivity index (χ0v) is 19.8. The van der Waals surface area contributed by atoms with Gasteiger partial charge in [0.25, 0.3) is 5.56 Å². The summed E-state index contributed by atoms with van der Waals surface area (Å²) in [7, 11) is 3.32. The number of benzene rings is 1. The van der Waals surface area contributed by atoms with Crippen molar-refractivity contribution >= 4 is 28.7 Å². The molecule has 2 fully saturated rings. The lowest BCUT2D eigenvalue weighted by Crippen LogP contribution is -2.50. The van der Waals surface area contributed by atoms with Crippen LogP contribution in [0, 0.1) is 5.92 Å². The van der Waals surface area contributed by atoms with Crippen molar-refractivity contribution in [2.75, 3.05) is 32.5 Å². The maximum absolute atomic E-state index is 13.1. The number of rotatable bonds is 5. The maximum Gasteiger partial charge on any atom is 0.321 e. The molecule has 0 unspecified atom stereocenters. The molecule has 3 heterocycles. The largest absolute Gasteiger partial charge is 0.388 e. The second kappa shape index (κ2) is 8.81. The van der Waals surface area contributed by atoms with Crippen molar-refractivity contribution in [1.29, 1.82) is 0 Å². The summed E-state index contributed by atoms with van der Waals surface area (Å²) in [6, 6.07) is 6.84. The number of aliphatic hydroxyl groups is 1. The Kier molecular flexibility index (Phi) is 5.79. The third-order valence-corrected chi connectivity index (χ3v) is 6.72. The molecular formula is C24H29N7O4. The number of anilines is 1. The zero-order chi connectivity index (χ0) is 24.7. The Morgan fingerprint density at radius 1 is 1.17 bits per heavy atom. The minimum absolute atomic E-state index is 0.117. The monoisotopic (exact) mass is 479 g/mol. The number of likely N-dealkylation sites (tertiary alicyclic amines) is 1. The summed E-state index contributed by atoms with van der Waals surface area (Å²) in [5.41, 5.74) is 0.396. The first-order chi connectivity index (χ1) is 16.7. The van der Waals surface area contributed by atoms with Gasteiger partial charge in [-0.15, -0.1) is 0 Å². The second-order valence-corrected chi connectivity index (χ2v) is 9.67. The molecule has 1 aliphatic carbocycles. The van der Waals surface area contributed by atoms with E-state index in [4.69, 9.17) is 0 Å². The van der Waals surface area contributed by atoms with E-state index in [-0.39, 0.29) is 30.0 Å². The van der Waals surface area contributed by atoms with Gasteiger partial charge in [0.15, 0.2) is 5.65 Å². The molecule has 184 valence electrons. The van der Waals surface area contributed by atoms with E-state index in [1.165, 1.54) is 22.0 Å². The molecule has 0 spiro atoms. The minimum atomic E-state index is -1.07. The van der Waals surface area contributed by atoms with Crippen LogP contribution >= 0.6 is 0 Å². The number of urea groups is 1. The van der Waals surface area contributed by atoms with E-state index in [0.29, 0.717) is 48.3 Å². The van der Waals surface area contributed by atoms with Gasteiger partial charge in [0.1, 0.15) is 11.7 Å². The molecular weight excluding hydrogens is 450 g/mol. The van der Waals surface area contributed by atoms with Crippen molar-refractivity contribution < 1.29 is 14.7 Å². The molecule has 35 heavy (non-hydrogen) atoms. The Morgan fingerprint density at radius 2 is 1.86 bits per heavy atom. The summed E-state index contributed by atoms with van der Waals surface area (Å²) in [6.07, 6.45) is 5.69. The van der Waals surface area contributed by atoms with E-state index in [9.17, 15) is 19.5 Å². The van der Waals surface area contributed by atoms with Crippen molar-refractivity contribution in [3.05, 3.63) is 47.1 Å². The summed E-state index contributed by atoms with van der Waals surface area (Å²) in [4.78, 5) is 45.0. The van der Waals surface area contributed by atoms with Gasteiger partial charge >= 0.3 is 6.03 Å². The molecule has 3 aromatic rings. The summed E-state index contributed by atoms with van der Waals surface area (Å²) in [5.74, 6) is 0.354. The van der Waals surface area contributed by atoms with Crippen LogP contribution in [0.25, 0.3) is 16.7 Å². The van der Waals surface area contributed by atoms with Gasteiger partial charge in [-0.3, -0.25) is 14.2 Å². The van der Waals surface area contributed by atoms with E-state index in [1.54, 1.807) is 43.0 Å². The number of amides is 3. The summed E-state index contributed by atoms with van der Waals surface area (Å²) in [6.45, 7) is 1.12. The van der Waals surface area contributed by atoms with Crippen LogP contribution in [0.3, 0.4) is 0 Å². The van der Waals surface area contributed by atoms with Crippen LogP contribution in [0.15, 0.2) is 41.6 Å². The Labute approximate surface area is 202 Å². The molecule has 1 aliphatic heterocycles. The van der Waals surface area contributed by atoms with Crippen LogP contribution in [-0.4, -0.2) is 79.0 Å². The molecule has 2 aliphatic rings. The Bertz CT molecular complexity index is 1320. The quantitative estimate of drug-likeness (QED) is 0.570. The molecule has 0 atom stereocenters.